The molecular formula is C17H21N3OS. The predicted octanol–water partition coefficient (Wildman–Crippen LogP) is 3.92. The fourth-order valence-electron chi connectivity index (χ4n) is 2.67. The Morgan fingerprint density at radius 3 is 2.77 bits per heavy atom. The van der Waals surface area contributed by atoms with Crippen LogP contribution in [0.3, 0.4) is 0 Å². The number of benzene rings is 1. The molecule has 0 unspecified atom stereocenters. The van der Waals surface area contributed by atoms with Crippen LogP contribution < -0.4 is 5.32 Å². The summed E-state index contributed by atoms with van der Waals surface area (Å²) >= 11 is 1.81. The van der Waals surface area contributed by atoms with Crippen molar-refractivity contribution in [2.45, 2.75) is 19.2 Å². The lowest BCUT2D eigenvalue weighted by molar-refractivity contribution is 0.213. The first kappa shape index (κ1) is 15.0. The zero-order valence-corrected chi connectivity index (χ0v) is 14.0. The summed E-state index contributed by atoms with van der Waals surface area (Å²) in [5, 5.41) is 3.12. The molecule has 0 bridgehead atoms. The van der Waals surface area contributed by atoms with Crippen LogP contribution in [0.4, 0.5) is 10.5 Å². The quantitative estimate of drug-likeness (QED) is 0.912. The second-order valence-electron chi connectivity index (χ2n) is 5.69. The van der Waals surface area contributed by atoms with Gasteiger partial charge >= 0.3 is 6.03 Å². The van der Waals surface area contributed by atoms with Gasteiger partial charge in [0, 0.05) is 31.2 Å². The van der Waals surface area contributed by atoms with E-state index in [0.29, 0.717) is 0 Å². The maximum atomic E-state index is 12.6. The summed E-state index contributed by atoms with van der Waals surface area (Å²) in [5.74, 6) is 0.968. The highest BCUT2D eigenvalue weighted by Crippen LogP contribution is 2.38. The van der Waals surface area contributed by atoms with Crippen LogP contribution in [-0.2, 0) is 7.05 Å². The van der Waals surface area contributed by atoms with E-state index in [0.717, 1.165) is 23.7 Å². The average molecular weight is 315 g/mol. The van der Waals surface area contributed by atoms with Crippen LogP contribution in [0, 0.1) is 13.8 Å². The summed E-state index contributed by atoms with van der Waals surface area (Å²) in [6.07, 6.45) is 2.02. The molecule has 0 aliphatic carbocycles. The van der Waals surface area contributed by atoms with E-state index in [1.54, 1.807) is 0 Å². The van der Waals surface area contributed by atoms with E-state index in [9.17, 15) is 4.79 Å². The summed E-state index contributed by atoms with van der Waals surface area (Å²) in [6.45, 7) is 4.91. The van der Waals surface area contributed by atoms with Crippen molar-refractivity contribution in [1.82, 2.24) is 9.47 Å². The molecule has 22 heavy (non-hydrogen) atoms. The van der Waals surface area contributed by atoms with Gasteiger partial charge in [0.2, 0.25) is 0 Å². The molecule has 0 spiro atoms. The van der Waals surface area contributed by atoms with Gasteiger partial charge in [0.05, 0.1) is 5.69 Å². The molecule has 0 radical (unpaired) electrons. The predicted molar refractivity (Wildman–Crippen MR) is 92.3 cm³/mol. The molecule has 4 nitrogen and oxygen atoms in total. The Hall–Kier alpha value is -1.88. The lowest BCUT2D eigenvalue weighted by atomic mass is 10.1. The normalized spacial score (nSPS) is 17.8. The van der Waals surface area contributed by atoms with Crippen LogP contribution in [0.1, 0.15) is 22.2 Å². The van der Waals surface area contributed by atoms with E-state index in [4.69, 9.17) is 0 Å². The van der Waals surface area contributed by atoms with E-state index in [2.05, 4.69) is 29.8 Å². The first-order valence-electron chi connectivity index (χ1n) is 7.44. The number of rotatable bonds is 2. The Morgan fingerprint density at radius 2 is 2.09 bits per heavy atom. The first-order chi connectivity index (χ1) is 10.6. The van der Waals surface area contributed by atoms with Crippen LogP contribution >= 0.6 is 11.8 Å². The third-order valence-corrected chi connectivity index (χ3v) is 5.38. The van der Waals surface area contributed by atoms with Crippen molar-refractivity contribution in [3.8, 4) is 0 Å². The summed E-state index contributed by atoms with van der Waals surface area (Å²) in [4.78, 5) is 14.5. The standard InChI is InChI=1S/C17H21N3OS/c1-12-6-7-14(11-13(12)2)18-17(21)20-9-10-22-16(20)15-5-4-8-19(15)3/h4-8,11,16H,9-10H2,1-3H3,(H,18,21)/t16-/m0/s1. The summed E-state index contributed by atoms with van der Waals surface area (Å²) < 4.78 is 2.08. The van der Waals surface area contributed by atoms with Gasteiger partial charge in [0.15, 0.2) is 0 Å². The molecule has 1 N–H and O–H groups in total. The van der Waals surface area contributed by atoms with Crippen molar-refractivity contribution in [3.63, 3.8) is 0 Å². The van der Waals surface area contributed by atoms with Crippen molar-refractivity contribution in [2.24, 2.45) is 7.05 Å². The second kappa shape index (κ2) is 6.08. The van der Waals surface area contributed by atoms with Crippen LogP contribution in [-0.4, -0.2) is 27.8 Å². The van der Waals surface area contributed by atoms with Gasteiger partial charge in [-0.2, -0.15) is 0 Å². The molecule has 0 saturated carbocycles. The SMILES string of the molecule is Cc1ccc(NC(=O)N2CCS[C@H]2c2cccn2C)cc1C. The Labute approximate surface area is 135 Å². The number of nitrogens with one attached hydrogen (secondary N) is 1. The molecule has 5 heteroatoms. The van der Waals surface area contributed by atoms with Crippen molar-refractivity contribution in [3.05, 3.63) is 53.3 Å². The number of carbonyl (C=O) groups is 1. The van der Waals surface area contributed by atoms with Crippen molar-refractivity contribution in [2.75, 3.05) is 17.6 Å². The van der Waals surface area contributed by atoms with Crippen LogP contribution in [0.5, 0.6) is 0 Å². The molecule has 2 amide bonds. The minimum Gasteiger partial charge on any atom is -0.352 e. The van der Waals surface area contributed by atoms with Gasteiger partial charge in [-0.15, -0.1) is 11.8 Å². The lowest BCUT2D eigenvalue weighted by Gasteiger charge is -2.24. The van der Waals surface area contributed by atoms with E-state index in [1.807, 2.05) is 54.2 Å². The Kier molecular flexibility index (Phi) is 4.16. The maximum Gasteiger partial charge on any atom is 0.323 e. The van der Waals surface area contributed by atoms with Gasteiger partial charge in [-0.3, -0.25) is 0 Å². The van der Waals surface area contributed by atoms with Crippen LogP contribution in [0.25, 0.3) is 0 Å². The van der Waals surface area contributed by atoms with Crippen molar-refractivity contribution < 1.29 is 4.79 Å². The maximum absolute atomic E-state index is 12.6. The molecule has 1 aromatic carbocycles. The molecule has 3 rings (SSSR count). The molecule has 1 fully saturated rings. The Balaban J connectivity index is 1.76. The van der Waals surface area contributed by atoms with Crippen molar-refractivity contribution >= 4 is 23.5 Å². The number of urea groups is 1. The highest BCUT2D eigenvalue weighted by atomic mass is 32.2. The highest BCUT2D eigenvalue weighted by molar-refractivity contribution is 7.99. The number of aryl methyl sites for hydroxylation is 3. The van der Waals surface area contributed by atoms with E-state index < -0.39 is 0 Å². The Morgan fingerprint density at radius 1 is 1.27 bits per heavy atom. The minimum absolute atomic E-state index is 0.0283. The van der Waals surface area contributed by atoms with E-state index >= 15 is 0 Å². The largest absolute Gasteiger partial charge is 0.352 e. The molecule has 2 heterocycles. The number of thioether (sulfide) groups is 1. The van der Waals surface area contributed by atoms with Gasteiger partial charge in [0.1, 0.15) is 5.37 Å². The average Bonchev–Trinajstić information content (AvgIpc) is 3.11. The van der Waals surface area contributed by atoms with Crippen LogP contribution in [0.2, 0.25) is 0 Å². The number of hydrogen-bond acceptors (Lipinski definition) is 2. The summed E-state index contributed by atoms with van der Waals surface area (Å²) in [7, 11) is 2.02. The zero-order valence-electron chi connectivity index (χ0n) is 13.2. The van der Waals surface area contributed by atoms with Gasteiger partial charge in [-0.05, 0) is 49.2 Å². The zero-order chi connectivity index (χ0) is 15.7. The minimum atomic E-state index is -0.0283. The Bertz CT molecular complexity index is 695. The molecule has 2 aromatic rings. The second-order valence-corrected chi connectivity index (χ2v) is 6.88. The molecule has 1 aliphatic heterocycles. The molecular weight excluding hydrogens is 294 g/mol. The van der Waals surface area contributed by atoms with Crippen LogP contribution in [0.15, 0.2) is 36.5 Å². The topological polar surface area (TPSA) is 37.3 Å². The van der Waals surface area contributed by atoms with Crippen molar-refractivity contribution in [1.29, 1.82) is 0 Å². The highest BCUT2D eigenvalue weighted by Gasteiger charge is 2.32. The molecule has 1 aliphatic rings. The van der Waals surface area contributed by atoms with E-state index in [-0.39, 0.29) is 11.4 Å². The van der Waals surface area contributed by atoms with E-state index in [1.165, 1.54) is 11.1 Å². The number of carbonyl (C=O) groups excluding carboxylic acids is 1. The number of amides is 2. The van der Waals surface area contributed by atoms with Gasteiger partial charge in [-0.25, -0.2) is 4.79 Å². The number of anilines is 1. The molecule has 1 aromatic heterocycles. The molecule has 1 saturated heterocycles. The third kappa shape index (κ3) is 2.86. The molecule has 116 valence electrons. The van der Waals surface area contributed by atoms with Gasteiger partial charge < -0.3 is 14.8 Å². The number of aromatic nitrogens is 1. The lowest BCUT2D eigenvalue weighted by Crippen LogP contribution is -2.34. The molecule has 1 atom stereocenters. The number of nitrogens with zero attached hydrogens (tertiary/aromatic N) is 2. The number of hydrogen-bond donors (Lipinski definition) is 1. The smallest absolute Gasteiger partial charge is 0.323 e. The third-order valence-electron chi connectivity index (χ3n) is 4.15. The summed E-state index contributed by atoms with van der Waals surface area (Å²) in [6, 6.07) is 10.1. The fourth-order valence-corrected chi connectivity index (χ4v) is 3.99. The van der Waals surface area contributed by atoms with Gasteiger partial charge in [0.25, 0.3) is 0 Å². The first-order valence-corrected chi connectivity index (χ1v) is 8.49. The summed E-state index contributed by atoms with van der Waals surface area (Å²) in [5.41, 5.74) is 4.44. The fraction of sp³-hybridized carbons (Fsp3) is 0.353. The monoisotopic (exact) mass is 315 g/mol. The van der Waals surface area contributed by atoms with Gasteiger partial charge in [-0.1, -0.05) is 6.07 Å².